The summed E-state index contributed by atoms with van der Waals surface area (Å²) in [5.41, 5.74) is 2.51. The number of amides is 1. The van der Waals surface area contributed by atoms with Crippen LogP contribution in [0.5, 0.6) is 11.5 Å². The zero-order chi connectivity index (χ0) is 23.5. The number of benzene rings is 2. The molecule has 33 heavy (non-hydrogen) atoms. The fourth-order valence-corrected chi connectivity index (χ4v) is 3.58. The molecule has 0 saturated carbocycles. The van der Waals surface area contributed by atoms with Gasteiger partial charge in [0.15, 0.2) is 0 Å². The summed E-state index contributed by atoms with van der Waals surface area (Å²) in [4.78, 5) is 24.3. The molecule has 0 unspecified atom stereocenters. The molecule has 1 atom stereocenters. The first-order valence-corrected chi connectivity index (χ1v) is 11.1. The van der Waals surface area contributed by atoms with Crippen molar-refractivity contribution in [3.8, 4) is 11.5 Å². The lowest BCUT2D eigenvalue weighted by molar-refractivity contribution is -0.140. The first-order chi connectivity index (χ1) is 16.1. The van der Waals surface area contributed by atoms with Gasteiger partial charge in [0.05, 0.1) is 26.5 Å². The summed E-state index contributed by atoms with van der Waals surface area (Å²) in [6.45, 7) is 0.635. The molecule has 2 aromatic carbocycles. The molecule has 176 valence electrons. The van der Waals surface area contributed by atoms with Crippen LogP contribution in [0.15, 0.2) is 48.5 Å². The van der Waals surface area contributed by atoms with E-state index in [1.807, 2.05) is 54.6 Å². The van der Waals surface area contributed by atoms with E-state index in [2.05, 4.69) is 10.1 Å². The quantitative estimate of drug-likeness (QED) is 0.481. The fraction of sp³-hybridized carbons (Fsp3) is 0.385. The number of hydrogen-bond donors (Lipinski definition) is 1. The number of ether oxygens (including phenoxy) is 4. The maximum absolute atomic E-state index is 13.0. The Morgan fingerprint density at radius 2 is 1.97 bits per heavy atom. The van der Waals surface area contributed by atoms with Crippen molar-refractivity contribution in [3.05, 3.63) is 59.7 Å². The molecule has 1 N–H and O–H groups in total. The number of nitrogens with one attached hydrogen (secondary N) is 1. The molecule has 3 rings (SSSR count). The van der Waals surface area contributed by atoms with Crippen molar-refractivity contribution < 1.29 is 28.5 Å². The molecule has 1 amide bonds. The van der Waals surface area contributed by atoms with E-state index in [1.165, 1.54) is 7.11 Å². The third-order valence-corrected chi connectivity index (χ3v) is 5.33. The van der Waals surface area contributed by atoms with Gasteiger partial charge in [-0.3, -0.25) is 9.59 Å². The van der Waals surface area contributed by atoms with Crippen molar-refractivity contribution in [3.63, 3.8) is 0 Å². The van der Waals surface area contributed by atoms with Gasteiger partial charge in [0.25, 0.3) is 5.91 Å². The number of carbonyl (C=O) groups is 2. The number of unbranched alkanes of at least 4 members (excludes halogenated alkanes) is 2. The largest absolute Gasteiger partial charge is 0.497 e. The summed E-state index contributed by atoms with van der Waals surface area (Å²) >= 11 is 0. The number of hydrogen-bond acceptors (Lipinski definition) is 6. The SMILES string of the molecule is COC(=O)CCCCC[C@@H]1OC/C=C\c2cc(cc(OC)c2)COc2ccccc2NC1=O. The van der Waals surface area contributed by atoms with Crippen LogP contribution >= 0.6 is 0 Å². The van der Waals surface area contributed by atoms with Gasteiger partial charge in [-0.2, -0.15) is 0 Å². The van der Waals surface area contributed by atoms with Crippen molar-refractivity contribution in [1.29, 1.82) is 0 Å². The molecular formula is C26H31NO6. The fourth-order valence-electron chi connectivity index (χ4n) is 3.58. The van der Waals surface area contributed by atoms with Gasteiger partial charge in [-0.05, 0) is 54.3 Å². The Morgan fingerprint density at radius 3 is 2.79 bits per heavy atom. The summed E-state index contributed by atoms with van der Waals surface area (Å²) in [5, 5.41) is 2.95. The van der Waals surface area contributed by atoms with Crippen LogP contribution in [0.3, 0.4) is 0 Å². The summed E-state index contributed by atoms with van der Waals surface area (Å²) < 4.78 is 22.0. The molecule has 2 bridgehead atoms. The molecule has 0 radical (unpaired) electrons. The normalized spacial score (nSPS) is 17.0. The van der Waals surface area contributed by atoms with E-state index in [9.17, 15) is 9.59 Å². The van der Waals surface area contributed by atoms with E-state index in [0.717, 1.165) is 36.1 Å². The maximum Gasteiger partial charge on any atom is 0.305 e. The van der Waals surface area contributed by atoms with E-state index in [0.29, 0.717) is 37.5 Å². The average Bonchev–Trinajstić information content (AvgIpc) is 2.83. The zero-order valence-corrected chi connectivity index (χ0v) is 19.2. The molecule has 1 aliphatic heterocycles. The standard InChI is InChI=1S/C26H31NO6/c1-30-21-16-19-9-8-14-32-24(12-4-3-5-13-25(28)31-2)26(29)27-22-10-6-7-11-23(22)33-18-20(15-19)17-21/h6-11,15-17,24H,3-5,12-14,18H2,1-2H3,(H,27,29)/b9-8-/t24-/m0/s1. The zero-order valence-electron chi connectivity index (χ0n) is 19.2. The summed E-state index contributed by atoms with van der Waals surface area (Å²) in [5.74, 6) is 0.893. The predicted octanol–water partition coefficient (Wildman–Crippen LogP) is 4.75. The third kappa shape index (κ3) is 7.64. The topological polar surface area (TPSA) is 83.1 Å². The molecule has 7 heteroatoms. The number of methoxy groups -OCH3 is 2. The molecule has 1 heterocycles. The van der Waals surface area contributed by atoms with Crippen molar-refractivity contribution in [2.45, 2.75) is 44.8 Å². The van der Waals surface area contributed by atoms with Crippen molar-refractivity contribution in [1.82, 2.24) is 0 Å². The van der Waals surface area contributed by atoms with Crippen LogP contribution in [0, 0.1) is 0 Å². The molecule has 0 fully saturated rings. The van der Waals surface area contributed by atoms with Crippen LogP contribution in [0.25, 0.3) is 6.08 Å². The van der Waals surface area contributed by atoms with Crippen molar-refractivity contribution in [2.24, 2.45) is 0 Å². The van der Waals surface area contributed by atoms with E-state index < -0.39 is 6.10 Å². The lowest BCUT2D eigenvalue weighted by Gasteiger charge is -2.19. The molecule has 0 aliphatic carbocycles. The van der Waals surface area contributed by atoms with E-state index in [1.54, 1.807) is 7.11 Å². The number of esters is 1. The predicted molar refractivity (Wildman–Crippen MR) is 126 cm³/mol. The second-order valence-electron chi connectivity index (χ2n) is 7.79. The van der Waals surface area contributed by atoms with Gasteiger partial charge >= 0.3 is 5.97 Å². The molecule has 7 nitrogen and oxygen atoms in total. The van der Waals surface area contributed by atoms with Crippen LogP contribution in [-0.4, -0.2) is 38.8 Å². The summed E-state index contributed by atoms with van der Waals surface area (Å²) in [6.07, 6.45) is 6.42. The minimum absolute atomic E-state index is 0.218. The molecule has 0 saturated heterocycles. The number of carbonyl (C=O) groups excluding carboxylic acids is 2. The lowest BCUT2D eigenvalue weighted by atomic mass is 10.1. The number of rotatable bonds is 7. The smallest absolute Gasteiger partial charge is 0.305 e. The van der Waals surface area contributed by atoms with E-state index in [-0.39, 0.29) is 11.9 Å². The highest BCUT2D eigenvalue weighted by Crippen LogP contribution is 2.27. The third-order valence-electron chi connectivity index (χ3n) is 5.33. The second kappa shape index (κ2) is 12.6. The Labute approximate surface area is 194 Å². The van der Waals surface area contributed by atoms with Gasteiger partial charge in [-0.15, -0.1) is 0 Å². The molecule has 0 aromatic heterocycles. The van der Waals surface area contributed by atoms with Gasteiger partial charge < -0.3 is 24.3 Å². The Hall–Kier alpha value is -3.32. The van der Waals surface area contributed by atoms with Gasteiger partial charge in [-0.25, -0.2) is 0 Å². The molecule has 1 aliphatic rings. The van der Waals surface area contributed by atoms with Gasteiger partial charge in [-0.1, -0.05) is 37.1 Å². The number of anilines is 1. The first-order valence-electron chi connectivity index (χ1n) is 11.1. The van der Waals surface area contributed by atoms with Crippen LogP contribution in [0.4, 0.5) is 5.69 Å². The Balaban J connectivity index is 1.75. The van der Waals surface area contributed by atoms with Gasteiger partial charge in [0, 0.05) is 6.42 Å². The highest BCUT2D eigenvalue weighted by Gasteiger charge is 2.20. The van der Waals surface area contributed by atoms with Gasteiger partial charge in [0.2, 0.25) is 0 Å². The average molecular weight is 454 g/mol. The second-order valence-corrected chi connectivity index (χ2v) is 7.79. The Bertz CT molecular complexity index is 971. The van der Waals surface area contributed by atoms with Crippen molar-refractivity contribution >= 4 is 23.6 Å². The molecular weight excluding hydrogens is 422 g/mol. The number of fused-ring (bicyclic) bond motifs is 3. The minimum atomic E-state index is -0.621. The Morgan fingerprint density at radius 1 is 1.12 bits per heavy atom. The van der Waals surface area contributed by atoms with Crippen molar-refractivity contribution in [2.75, 3.05) is 26.1 Å². The summed E-state index contributed by atoms with van der Waals surface area (Å²) in [6, 6.07) is 13.2. The lowest BCUT2D eigenvalue weighted by Crippen LogP contribution is -2.31. The van der Waals surface area contributed by atoms with Crippen LogP contribution in [0.1, 0.15) is 43.2 Å². The minimum Gasteiger partial charge on any atom is -0.497 e. The Kier molecular flexibility index (Phi) is 9.32. The highest BCUT2D eigenvalue weighted by molar-refractivity contribution is 5.95. The summed E-state index contributed by atoms with van der Waals surface area (Å²) in [7, 11) is 3.02. The van der Waals surface area contributed by atoms with Crippen LogP contribution in [-0.2, 0) is 25.7 Å². The maximum atomic E-state index is 13.0. The van der Waals surface area contributed by atoms with E-state index >= 15 is 0 Å². The van der Waals surface area contributed by atoms with Gasteiger partial charge in [0.1, 0.15) is 24.2 Å². The number of para-hydroxylation sites is 2. The van der Waals surface area contributed by atoms with Crippen LogP contribution in [0.2, 0.25) is 0 Å². The first kappa shape index (κ1) is 24.3. The molecule has 0 spiro atoms. The van der Waals surface area contributed by atoms with Crippen LogP contribution < -0.4 is 14.8 Å². The van der Waals surface area contributed by atoms with E-state index in [4.69, 9.17) is 14.2 Å². The monoisotopic (exact) mass is 453 g/mol. The highest BCUT2D eigenvalue weighted by atomic mass is 16.5. The molecule has 2 aromatic rings.